The summed E-state index contributed by atoms with van der Waals surface area (Å²) in [5.74, 6) is 1.26. The Labute approximate surface area is 142 Å². The molecule has 1 N–H and O–H groups in total. The Kier molecular flexibility index (Phi) is 4.49. The number of rotatable bonds is 3. The summed E-state index contributed by atoms with van der Waals surface area (Å²) in [6.45, 7) is 0.135. The van der Waals surface area contributed by atoms with Crippen molar-refractivity contribution in [2.75, 3.05) is 6.61 Å². The van der Waals surface area contributed by atoms with E-state index in [-0.39, 0.29) is 6.61 Å². The molecule has 0 spiro atoms. The number of fused-ring (bicyclic) bond motifs is 1. The molecule has 0 fully saturated rings. The molecule has 2 aromatic rings. The van der Waals surface area contributed by atoms with Crippen LogP contribution in [0.4, 0.5) is 0 Å². The Morgan fingerprint density at radius 2 is 2.09 bits per heavy atom. The molecule has 0 saturated heterocycles. The van der Waals surface area contributed by atoms with Crippen molar-refractivity contribution < 1.29 is 18.7 Å². The van der Waals surface area contributed by atoms with Crippen molar-refractivity contribution in [3.05, 3.63) is 45.2 Å². The van der Waals surface area contributed by atoms with Gasteiger partial charge in [-0.25, -0.2) is 5.43 Å². The van der Waals surface area contributed by atoms with E-state index in [0.717, 1.165) is 4.47 Å². The number of para-hydroxylation sites is 2. The summed E-state index contributed by atoms with van der Waals surface area (Å²) in [6.07, 6.45) is 0.646. The van der Waals surface area contributed by atoms with E-state index in [1.54, 1.807) is 18.2 Å². The molecule has 1 amide bonds. The van der Waals surface area contributed by atoms with Gasteiger partial charge in [0.2, 0.25) is 6.10 Å². The number of carbonyl (C=O) groups is 1. The van der Waals surface area contributed by atoms with Gasteiger partial charge in [0.25, 0.3) is 5.91 Å². The lowest BCUT2D eigenvalue weighted by atomic mass is 10.2. The predicted molar refractivity (Wildman–Crippen MR) is 86.2 cm³/mol. The molecule has 0 unspecified atom stereocenters. The van der Waals surface area contributed by atoms with Crippen LogP contribution >= 0.6 is 31.9 Å². The minimum absolute atomic E-state index is 0.135. The minimum atomic E-state index is -0.748. The second kappa shape index (κ2) is 6.53. The topological polar surface area (TPSA) is 73.1 Å². The van der Waals surface area contributed by atoms with Crippen LogP contribution < -0.4 is 14.9 Å². The van der Waals surface area contributed by atoms with Crippen LogP contribution in [0.5, 0.6) is 11.5 Å². The SMILES string of the molecule is O=C(N/N=C/c1cc(Br)c(Br)o1)[C@@H]1COc2ccccc2O1. The van der Waals surface area contributed by atoms with E-state index in [1.165, 1.54) is 6.21 Å². The molecule has 3 rings (SSSR count). The maximum Gasteiger partial charge on any atom is 0.284 e. The molecule has 6 nitrogen and oxygen atoms in total. The number of nitrogens with one attached hydrogen (secondary N) is 1. The number of benzene rings is 1. The quantitative estimate of drug-likeness (QED) is 0.601. The molecule has 1 atom stereocenters. The Morgan fingerprint density at radius 1 is 1.32 bits per heavy atom. The molecule has 1 aromatic carbocycles. The smallest absolute Gasteiger partial charge is 0.284 e. The number of ether oxygens (including phenoxy) is 2. The fraction of sp³-hybridized carbons (Fsp3) is 0.143. The molecule has 1 aliphatic heterocycles. The first-order chi connectivity index (χ1) is 10.6. The minimum Gasteiger partial charge on any atom is -0.485 e. The van der Waals surface area contributed by atoms with Crippen LogP contribution in [0.25, 0.3) is 0 Å². The number of amides is 1. The van der Waals surface area contributed by atoms with Gasteiger partial charge in [-0.05, 0) is 44.0 Å². The Morgan fingerprint density at radius 3 is 2.82 bits per heavy atom. The standard InChI is InChI=1S/C14H10Br2N2O4/c15-9-5-8(21-13(9)16)6-17-18-14(19)12-7-20-10-3-1-2-4-11(10)22-12/h1-6,12H,7H2,(H,18,19)/b17-6+/t12-/m0/s1. The lowest BCUT2D eigenvalue weighted by Gasteiger charge is -2.24. The van der Waals surface area contributed by atoms with Gasteiger partial charge in [-0.15, -0.1) is 0 Å². The number of hydrazone groups is 1. The van der Waals surface area contributed by atoms with Crippen LogP contribution in [0.15, 0.2) is 49.0 Å². The molecular weight excluding hydrogens is 420 g/mol. The van der Waals surface area contributed by atoms with Crippen molar-refractivity contribution in [2.45, 2.75) is 6.10 Å². The predicted octanol–water partition coefficient (Wildman–Crippen LogP) is 3.09. The maximum atomic E-state index is 12.0. The third kappa shape index (κ3) is 3.33. The molecule has 114 valence electrons. The summed E-state index contributed by atoms with van der Waals surface area (Å²) in [4.78, 5) is 12.0. The van der Waals surface area contributed by atoms with Gasteiger partial charge in [0.15, 0.2) is 16.2 Å². The Balaban J connectivity index is 1.59. The Hall–Kier alpha value is -1.80. The van der Waals surface area contributed by atoms with Crippen molar-refractivity contribution >= 4 is 44.0 Å². The highest BCUT2D eigenvalue weighted by Gasteiger charge is 2.26. The van der Waals surface area contributed by atoms with Gasteiger partial charge in [0.1, 0.15) is 12.4 Å². The number of furan rings is 1. The second-order valence-electron chi connectivity index (χ2n) is 4.37. The van der Waals surface area contributed by atoms with E-state index < -0.39 is 12.0 Å². The highest BCUT2D eigenvalue weighted by Crippen LogP contribution is 2.30. The average molecular weight is 430 g/mol. The largest absolute Gasteiger partial charge is 0.485 e. The van der Waals surface area contributed by atoms with Crippen molar-refractivity contribution in [3.8, 4) is 11.5 Å². The summed E-state index contributed by atoms with van der Waals surface area (Å²) in [6, 6.07) is 8.90. The van der Waals surface area contributed by atoms with Gasteiger partial charge in [0, 0.05) is 6.07 Å². The molecule has 0 saturated carbocycles. The van der Waals surface area contributed by atoms with Gasteiger partial charge in [-0.2, -0.15) is 5.10 Å². The highest BCUT2D eigenvalue weighted by molar-refractivity contribution is 9.13. The van der Waals surface area contributed by atoms with E-state index in [4.69, 9.17) is 13.9 Å². The molecule has 8 heteroatoms. The zero-order valence-corrected chi connectivity index (χ0v) is 14.3. The number of hydrogen-bond acceptors (Lipinski definition) is 5. The van der Waals surface area contributed by atoms with E-state index in [9.17, 15) is 4.79 Å². The fourth-order valence-corrected chi connectivity index (χ4v) is 2.42. The first kappa shape index (κ1) is 15.1. The summed E-state index contributed by atoms with van der Waals surface area (Å²) in [5, 5.41) is 3.83. The highest BCUT2D eigenvalue weighted by atomic mass is 79.9. The molecule has 1 aliphatic rings. The summed E-state index contributed by atoms with van der Waals surface area (Å²) < 4.78 is 17.7. The van der Waals surface area contributed by atoms with Crippen LogP contribution in [0, 0.1) is 0 Å². The fourth-order valence-electron chi connectivity index (χ4n) is 1.81. The summed E-state index contributed by atoms with van der Waals surface area (Å²) >= 11 is 6.50. The molecule has 0 aliphatic carbocycles. The first-order valence-electron chi connectivity index (χ1n) is 6.30. The monoisotopic (exact) mass is 428 g/mol. The van der Waals surface area contributed by atoms with Crippen molar-refractivity contribution in [3.63, 3.8) is 0 Å². The van der Waals surface area contributed by atoms with Gasteiger partial charge in [0.05, 0.1) is 10.7 Å². The molecule has 0 bridgehead atoms. The molecule has 0 radical (unpaired) electrons. The van der Waals surface area contributed by atoms with Crippen LogP contribution in [0.3, 0.4) is 0 Å². The van der Waals surface area contributed by atoms with E-state index >= 15 is 0 Å². The zero-order valence-electron chi connectivity index (χ0n) is 11.1. The molecule has 2 heterocycles. The zero-order chi connectivity index (χ0) is 15.5. The summed E-state index contributed by atoms with van der Waals surface area (Å²) in [7, 11) is 0. The van der Waals surface area contributed by atoms with Crippen LogP contribution in [0.2, 0.25) is 0 Å². The third-order valence-electron chi connectivity index (χ3n) is 2.83. The molecule has 22 heavy (non-hydrogen) atoms. The average Bonchev–Trinajstić information content (AvgIpc) is 2.85. The maximum absolute atomic E-state index is 12.0. The summed E-state index contributed by atoms with van der Waals surface area (Å²) in [5.41, 5.74) is 2.40. The van der Waals surface area contributed by atoms with Crippen molar-refractivity contribution in [1.29, 1.82) is 0 Å². The van der Waals surface area contributed by atoms with Crippen LogP contribution in [-0.4, -0.2) is 24.8 Å². The van der Waals surface area contributed by atoms with Gasteiger partial charge in [-0.3, -0.25) is 4.79 Å². The number of halogens is 2. The van der Waals surface area contributed by atoms with Crippen molar-refractivity contribution in [2.24, 2.45) is 5.10 Å². The number of hydrogen-bond donors (Lipinski definition) is 1. The van der Waals surface area contributed by atoms with Crippen LogP contribution in [0.1, 0.15) is 5.76 Å². The van der Waals surface area contributed by atoms with Crippen LogP contribution in [-0.2, 0) is 4.79 Å². The normalized spacial score (nSPS) is 16.7. The van der Waals surface area contributed by atoms with Gasteiger partial charge >= 0.3 is 0 Å². The first-order valence-corrected chi connectivity index (χ1v) is 7.88. The van der Waals surface area contributed by atoms with Crippen molar-refractivity contribution in [1.82, 2.24) is 5.43 Å². The van der Waals surface area contributed by atoms with E-state index in [1.807, 2.05) is 12.1 Å². The number of nitrogens with zero attached hydrogens (tertiary/aromatic N) is 1. The van der Waals surface area contributed by atoms with E-state index in [2.05, 4.69) is 42.4 Å². The third-order valence-corrected chi connectivity index (χ3v) is 4.54. The van der Waals surface area contributed by atoms with Gasteiger partial charge < -0.3 is 13.9 Å². The Bertz CT molecular complexity index is 710. The lowest BCUT2D eigenvalue weighted by Crippen LogP contribution is -2.42. The van der Waals surface area contributed by atoms with E-state index in [0.29, 0.717) is 21.9 Å². The molecule has 1 aromatic heterocycles. The lowest BCUT2D eigenvalue weighted by molar-refractivity contribution is -0.130. The van der Waals surface area contributed by atoms with Gasteiger partial charge in [-0.1, -0.05) is 12.1 Å². The number of carbonyl (C=O) groups excluding carboxylic acids is 1. The second-order valence-corrected chi connectivity index (χ2v) is 5.94. The molecular formula is C14H10Br2N2O4.